The molecule has 1 unspecified atom stereocenters. The number of aliphatic carboxylic acids is 3. The Hall–Kier alpha value is -7.95. The first-order valence-corrected chi connectivity index (χ1v) is 28.7. The minimum Gasteiger partial charge on any atom is -0.481 e. The van der Waals surface area contributed by atoms with E-state index in [-0.39, 0.29) is 34.9 Å². The van der Waals surface area contributed by atoms with Crippen LogP contribution in [0, 0.1) is 17.8 Å². The molecule has 0 aliphatic carbocycles. The normalized spacial score (nSPS) is 17.8. The molecule has 2 aromatic heterocycles. The predicted molar refractivity (Wildman–Crippen MR) is 314 cm³/mol. The van der Waals surface area contributed by atoms with E-state index in [0.717, 1.165) is 0 Å². The third kappa shape index (κ3) is 22.9. The quantitative estimate of drug-likeness (QED) is 0.0234. The molecular formula is C53H76N10O30S. The molecule has 3 aromatic rings. The molecule has 0 fully saturated rings. The molecule has 19 atom stereocenters. The van der Waals surface area contributed by atoms with Crippen LogP contribution in [0.4, 0.5) is 11.6 Å². The zero-order chi connectivity index (χ0) is 71.2. The van der Waals surface area contributed by atoms with Crippen molar-refractivity contribution in [1.29, 1.82) is 0 Å². The van der Waals surface area contributed by atoms with Gasteiger partial charge >= 0.3 is 17.9 Å². The Kier molecular flexibility index (Phi) is 32.3. The number of carboxylic acid groups (broad SMARTS) is 3. The van der Waals surface area contributed by atoms with Crippen LogP contribution in [0.1, 0.15) is 54.6 Å². The van der Waals surface area contributed by atoms with Gasteiger partial charge in [0.05, 0.1) is 93.4 Å². The number of H-pyrrole nitrogens is 1. The number of benzene rings is 1. The van der Waals surface area contributed by atoms with Gasteiger partial charge in [-0.25, -0.2) is 19.6 Å². The van der Waals surface area contributed by atoms with Crippen LogP contribution in [-0.2, 0) is 49.7 Å². The molecule has 0 saturated carbocycles. The Morgan fingerprint density at radius 2 is 0.979 bits per heavy atom. The third-order valence-corrected chi connectivity index (χ3v) is 14.9. The van der Waals surface area contributed by atoms with E-state index < -0.39 is 250 Å². The van der Waals surface area contributed by atoms with Crippen LogP contribution in [0.5, 0.6) is 0 Å². The summed E-state index contributed by atoms with van der Waals surface area (Å²) < 4.78 is 0. The number of thiol groups is 1. The number of amides is 4. The number of aromatic amines is 1. The summed E-state index contributed by atoms with van der Waals surface area (Å²) in [6.07, 6.45) is -37.7. The van der Waals surface area contributed by atoms with Crippen LogP contribution in [-0.4, -0.2) is 305 Å². The van der Waals surface area contributed by atoms with E-state index in [4.69, 9.17) is 5.73 Å². The Morgan fingerprint density at radius 1 is 0.532 bits per heavy atom. The molecule has 94 heavy (non-hydrogen) atoms. The Bertz CT molecular complexity index is 3150. The van der Waals surface area contributed by atoms with Crippen molar-refractivity contribution >= 4 is 94.3 Å². The average Bonchev–Trinajstić information content (AvgIpc) is 0.902. The van der Waals surface area contributed by atoms with Gasteiger partial charge in [0.25, 0.3) is 11.5 Å². The van der Waals surface area contributed by atoms with E-state index in [9.17, 15) is 150 Å². The zero-order valence-electron chi connectivity index (χ0n) is 49.2. The number of aliphatic hydroxyl groups is 16. The van der Waals surface area contributed by atoms with Crippen molar-refractivity contribution in [1.82, 2.24) is 41.2 Å². The highest BCUT2D eigenvalue weighted by Gasteiger charge is 2.46. The number of aromatic nitrogens is 4. The van der Waals surface area contributed by atoms with Gasteiger partial charge in [-0.2, -0.15) is 17.6 Å². The van der Waals surface area contributed by atoms with E-state index in [1.807, 2.05) is 5.32 Å². The molecule has 41 heteroatoms. The molecule has 27 N–H and O–H groups in total. The first-order chi connectivity index (χ1) is 44.1. The second kappa shape index (κ2) is 37.8. The lowest BCUT2D eigenvalue weighted by Gasteiger charge is -2.34. The average molecular weight is 1370 g/mol. The van der Waals surface area contributed by atoms with Gasteiger partial charge in [-0.05, 0) is 30.7 Å². The van der Waals surface area contributed by atoms with Gasteiger partial charge in [0, 0.05) is 42.7 Å². The lowest BCUT2D eigenvalue weighted by molar-refractivity contribution is -0.151. The van der Waals surface area contributed by atoms with Gasteiger partial charge in [-0.3, -0.25) is 48.1 Å². The number of carbonyl (C=O) groups excluding carboxylic acids is 7. The molecule has 0 saturated heterocycles. The number of ketones is 3. The molecule has 0 spiro atoms. The zero-order valence-corrected chi connectivity index (χ0v) is 50.1. The van der Waals surface area contributed by atoms with E-state index in [2.05, 4.69) is 43.2 Å². The van der Waals surface area contributed by atoms with Crippen molar-refractivity contribution in [2.45, 2.75) is 142 Å². The van der Waals surface area contributed by atoms with Gasteiger partial charge in [-0.15, -0.1) is 0 Å². The Morgan fingerprint density at radius 3 is 1.44 bits per heavy atom. The highest BCUT2D eigenvalue weighted by Crippen LogP contribution is 2.25. The van der Waals surface area contributed by atoms with Crippen LogP contribution >= 0.6 is 12.6 Å². The lowest BCUT2D eigenvalue weighted by Crippen LogP contribution is -2.60. The highest BCUT2D eigenvalue weighted by molar-refractivity contribution is 7.80. The first-order valence-electron chi connectivity index (χ1n) is 28.1. The molecular weight excluding hydrogens is 1290 g/mol. The maximum atomic E-state index is 14.5. The second-order valence-corrected chi connectivity index (χ2v) is 21.7. The fraction of sp³-hybridized carbons (Fsp3) is 0.585. The van der Waals surface area contributed by atoms with Gasteiger partial charge < -0.3 is 129 Å². The van der Waals surface area contributed by atoms with Gasteiger partial charge in [-0.1, -0.05) is 0 Å². The smallest absolute Gasteiger partial charge is 0.327 e. The lowest BCUT2D eigenvalue weighted by atomic mass is 9.84. The van der Waals surface area contributed by atoms with Crippen LogP contribution in [0.15, 0.2) is 35.3 Å². The number of carboxylic acids is 3. The van der Waals surface area contributed by atoms with Crippen molar-refractivity contribution in [2.75, 3.05) is 43.2 Å². The first kappa shape index (κ1) is 80.3. The minimum absolute atomic E-state index is 0.00795. The molecule has 3 rings (SSSR count). The second-order valence-electron chi connectivity index (χ2n) is 21.4. The van der Waals surface area contributed by atoms with Gasteiger partial charge in [0.1, 0.15) is 78.8 Å². The fourth-order valence-electron chi connectivity index (χ4n) is 8.98. The number of rotatable bonds is 43. The van der Waals surface area contributed by atoms with E-state index in [1.165, 1.54) is 30.5 Å². The molecule has 0 aliphatic heterocycles. The van der Waals surface area contributed by atoms with Crippen LogP contribution in [0.3, 0.4) is 0 Å². The number of aliphatic hydroxyl groups excluding tert-OH is 16. The molecule has 2 heterocycles. The summed E-state index contributed by atoms with van der Waals surface area (Å²) in [6, 6.07) is -3.82. The number of anilines is 2. The number of nitrogens with two attached hydrogens (primary N) is 1. The number of hydrogen-bond acceptors (Lipinski definition) is 33. The van der Waals surface area contributed by atoms with Crippen molar-refractivity contribution in [3.63, 3.8) is 0 Å². The topological polar surface area (TPSA) is 713 Å². The summed E-state index contributed by atoms with van der Waals surface area (Å²) in [5.41, 5.74) is 5.34. The standard InChI is InChI=1S/C53H76N10O30S/c54-53-62-45-36(50(89)63-53)57-20(12-56-45)11-55-19-3-1-18(2-4-19)46(85)58-25(51(90)91)6-5-21(68)7-22(37(77)40(80)30(71)13-64)49(88)61-35(44(84)43(83)33(74)16-67)29(70)9-24(39(79)42(82)32(73)15-66)47(86)59-26(10-34(75)76)28(69)8-23(38(78)41(81)31(72)14-65)48(87)60-27(17-94)52(92)93/h1-4,12,22-27,30-33,35,37-44,55,64-67,71-74,77-84,94H,5-11,13-17H2,(H,58,85)(H,59,86)(H,60,87)(H,61,88)(H,75,76)(H,90,91)(H,92,93)(H3,54,56,62,63,89)/t22-,23-,24-,25-,26?,27+,30+,31+,32+,33-,35+,37+,38+,39+,40+,41+,42+,43-,44-/m0/s1. The molecule has 40 nitrogen and oxygen atoms in total. The fourth-order valence-corrected chi connectivity index (χ4v) is 9.23. The summed E-state index contributed by atoms with van der Waals surface area (Å²) in [4.78, 5) is 160. The number of nitrogen functional groups attached to an aromatic ring is 1. The third-order valence-electron chi connectivity index (χ3n) is 14.6. The number of hydrogen-bond donors (Lipinski definition) is 27. The highest BCUT2D eigenvalue weighted by atomic mass is 32.1. The number of fused-ring (bicyclic) bond motifs is 1. The minimum atomic E-state index is -2.93. The number of carbonyl (C=O) groups is 10. The predicted octanol–water partition coefficient (Wildman–Crippen LogP) is -12.2. The summed E-state index contributed by atoms with van der Waals surface area (Å²) in [7, 11) is 0. The summed E-state index contributed by atoms with van der Waals surface area (Å²) in [6.45, 7) is -5.47. The molecule has 0 bridgehead atoms. The molecule has 0 aliphatic rings. The van der Waals surface area contributed by atoms with E-state index in [0.29, 0.717) is 5.69 Å². The molecule has 1 aromatic carbocycles. The Labute approximate surface area is 534 Å². The molecule has 0 radical (unpaired) electrons. The van der Waals surface area contributed by atoms with Crippen molar-refractivity contribution in [2.24, 2.45) is 17.8 Å². The Balaban J connectivity index is 2.00. The van der Waals surface area contributed by atoms with E-state index in [1.54, 1.807) is 10.6 Å². The van der Waals surface area contributed by atoms with Crippen LogP contribution in [0.2, 0.25) is 0 Å². The van der Waals surface area contributed by atoms with Crippen molar-refractivity contribution in [3.8, 4) is 0 Å². The van der Waals surface area contributed by atoms with Gasteiger partial charge in [0.2, 0.25) is 23.7 Å². The summed E-state index contributed by atoms with van der Waals surface area (Å²) in [5.74, 6) is -24.9. The number of nitrogens with one attached hydrogen (secondary N) is 6. The largest absolute Gasteiger partial charge is 0.481 e. The summed E-state index contributed by atoms with van der Waals surface area (Å²) in [5, 5.41) is 207. The number of Topliss-reactive ketones (excluding diaryl/α,β-unsaturated/α-hetero) is 3. The van der Waals surface area contributed by atoms with Crippen LogP contribution < -0.4 is 37.9 Å². The van der Waals surface area contributed by atoms with Crippen molar-refractivity contribution < 1.29 is 145 Å². The monoisotopic (exact) mass is 1360 g/mol. The summed E-state index contributed by atoms with van der Waals surface area (Å²) >= 11 is 3.77. The van der Waals surface area contributed by atoms with Crippen LogP contribution in [0.25, 0.3) is 11.2 Å². The maximum absolute atomic E-state index is 14.5. The maximum Gasteiger partial charge on any atom is 0.327 e. The van der Waals surface area contributed by atoms with Crippen molar-refractivity contribution in [3.05, 3.63) is 52.1 Å². The SMILES string of the molecule is Nc1nc2ncc(CNc3ccc(C(=O)N[C@@H](CCC(=O)C[C@H](C(=O)N[C@H](C(=O)C[C@H](C(=O)NC(CC(=O)O)C(=O)C[C@H](C(=O)N[C@H](CS)C(=O)O)[C@@H](O)[C@H](O)[C@H](O)CO)[C@@H](O)[C@H](O)[C@H](O)CO)[C@H](O)[C@@H](O)[C@@H](O)CO)[C@@H](O)[C@H](O)[C@H](O)CO)C(=O)O)cc3)nc2c(=O)[nH]1. The van der Waals surface area contributed by atoms with Gasteiger partial charge in [0.15, 0.2) is 22.7 Å². The molecule has 524 valence electrons. The molecule has 4 amide bonds. The number of nitrogens with zero attached hydrogens (tertiary/aromatic N) is 3. The van der Waals surface area contributed by atoms with E-state index >= 15 is 0 Å².